The van der Waals surface area contributed by atoms with Crippen LogP contribution in [0.1, 0.15) is 28.8 Å². The second-order valence-corrected chi connectivity index (χ2v) is 10.4. The number of rotatable bonds is 6. The number of benzene rings is 3. The normalized spacial score (nSPS) is 17.0. The number of allylic oxidation sites excluding steroid dienone is 2. The van der Waals surface area contributed by atoms with E-state index in [1.165, 1.54) is 0 Å². The molecule has 1 aliphatic carbocycles. The number of nitrogens with one attached hydrogen (secondary N) is 2. The summed E-state index contributed by atoms with van der Waals surface area (Å²) in [6, 6.07) is 19.1. The highest BCUT2D eigenvalue weighted by Gasteiger charge is 2.34. The van der Waals surface area contributed by atoms with Gasteiger partial charge in [0.25, 0.3) is 0 Å². The van der Waals surface area contributed by atoms with Crippen LogP contribution in [-0.2, 0) is 9.59 Å². The van der Waals surface area contributed by atoms with Crippen LogP contribution in [-0.4, -0.2) is 17.6 Å². The average molecular weight is 617 g/mol. The minimum absolute atomic E-state index is 0.222. The van der Waals surface area contributed by atoms with Crippen LogP contribution < -0.4 is 10.6 Å². The third-order valence-corrected chi connectivity index (χ3v) is 7.17. The average Bonchev–Trinajstić information content (AvgIpc) is 2.86. The summed E-state index contributed by atoms with van der Waals surface area (Å²) in [6.45, 7) is 0. The maximum atomic E-state index is 13.4. The minimum Gasteiger partial charge on any atom is -0.326 e. The molecule has 2 N–H and O–H groups in total. The molecule has 3 aromatic carbocycles. The second-order valence-electron chi connectivity index (χ2n) is 8.14. The van der Waals surface area contributed by atoms with Gasteiger partial charge in [-0.2, -0.15) is 0 Å². The van der Waals surface area contributed by atoms with Crippen LogP contribution in [0.2, 0.25) is 5.02 Å². The van der Waals surface area contributed by atoms with Crippen molar-refractivity contribution in [1.82, 2.24) is 0 Å². The lowest BCUT2D eigenvalue weighted by Crippen LogP contribution is -2.37. The summed E-state index contributed by atoms with van der Waals surface area (Å²) in [5.41, 5.74) is 1.68. The highest BCUT2D eigenvalue weighted by atomic mass is 79.9. The number of ketones is 1. The Balaban J connectivity index is 1.56. The summed E-state index contributed by atoms with van der Waals surface area (Å²) >= 11 is 13.0. The molecule has 2 unspecified atom stereocenters. The van der Waals surface area contributed by atoms with E-state index in [1.54, 1.807) is 54.6 Å². The molecule has 0 heterocycles. The first-order valence-electron chi connectivity index (χ1n) is 10.9. The van der Waals surface area contributed by atoms with Gasteiger partial charge in [0, 0.05) is 25.8 Å². The molecular weight excluding hydrogens is 596 g/mol. The number of halogens is 3. The van der Waals surface area contributed by atoms with Crippen LogP contribution in [0, 0.1) is 11.8 Å². The Morgan fingerprint density at radius 1 is 0.743 bits per heavy atom. The summed E-state index contributed by atoms with van der Waals surface area (Å²) in [7, 11) is 0. The van der Waals surface area contributed by atoms with E-state index in [9.17, 15) is 14.4 Å². The van der Waals surface area contributed by atoms with E-state index in [0.717, 1.165) is 4.47 Å². The van der Waals surface area contributed by atoms with Crippen LogP contribution in [0.15, 0.2) is 87.8 Å². The lowest BCUT2D eigenvalue weighted by atomic mass is 9.81. The van der Waals surface area contributed by atoms with Crippen molar-refractivity contribution in [2.75, 3.05) is 10.6 Å². The molecule has 0 radical (unpaired) electrons. The fourth-order valence-electron chi connectivity index (χ4n) is 3.99. The number of hydrogen-bond acceptors (Lipinski definition) is 3. The number of carbonyl (C=O) groups is 3. The Bertz CT molecular complexity index is 1310. The molecular formula is C27H21Br2ClN2O3. The van der Waals surface area contributed by atoms with Gasteiger partial charge in [-0.25, -0.2) is 0 Å². The molecule has 8 heteroatoms. The van der Waals surface area contributed by atoms with Crippen LogP contribution in [0.4, 0.5) is 11.4 Å². The smallest absolute Gasteiger partial charge is 0.228 e. The topological polar surface area (TPSA) is 75.3 Å². The molecule has 2 atom stereocenters. The quantitative estimate of drug-likeness (QED) is 0.226. The molecule has 178 valence electrons. The van der Waals surface area contributed by atoms with Crippen molar-refractivity contribution in [3.8, 4) is 0 Å². The molecule has 0 saturated heterocycles. The van der Waals surface area contributed by atoms with Crippen molar-refractivity contribution in [3.63, 3.8) is 0 Å². The highest BCUT2D eigenvalue weighted by Crippen LogP contribution is 2.31. The first kappa shape index (κ1) is 25.4. The molecule has 4 rings (SSSR count). The van der Waals surface area contributed by atoms with Gasteiger partial charge in [0.2, 0.25) is 11.8 Å². The lowest BCUT2D eigenvalue weighted by molar-refractivity contribution is -0.129. The predicted molar refractivity (Wildman–Crippen MR) is 146 cm³/mol. The maximum absolute atomic E-state index is 13.4. The van der Waals surface area contributed by atoms with Gasteiger partial charge < -0.3 is 10.6 Å². The van der Waals surface area contributed by atoms with E-state index in [1.807, 2.05) is 24.3 Å². The highest BCUT2D eigenvalue weighted by molar-refractivity contribution is 9.10. The van der Waals surface area contributed by atoms with Crippen LogP contribution in [0.3, 0.4) is 0 Å². The van der Waals surface area contributed by atoms with Gasteiger partial charge in [0.05, 0.1) is 22.5 Å². The molecule has 2 amide bonds. The third kappa shape index (κ3) is 6.10. The molecule has 0 saturated carbocycles. The monoisotopic (exact) mass is 614 g/mol. The van der Waals surface area contributed by atoms with E-state index in [-0.39, 0.29) is 17.6 Å². The molecule has 3 aromatic rings. The van der Waals surface area contributed by atoms with E-state index < -0.39 is 11.8 Å². The Morgan fingerprint density at radius 2 is 1.34 bits per heavy atom. The van der Waals surface area contributed by atoms with Gasteiger partial charge in [-0.1, -0.05) is 67.7 Å². The predicted octanol–water partition coefficient (Wildman–Crippen LogP) is 7.26. The molecule has 0 aliphatic heterocycles. The third-order valence-electron chi connectivity index (χ3n) is 5.82. The summed E-state index contributed by atoms with van der Waals surface area (Å²) in [5.74, 6) is -1.97. The van der Waals surface area contributed by atoms with Gasteiger partial charge in [-0.3, -0.25) is 14.4 Å². The molecule has 0 aromatic heterocycles. The van der Waals surface area contributed by atoms with Gasteiger partial charge in [0.15, 0.2) is 5.78 Å². The number of carbonyl (C=O) groups excluding carboxylic acids is 3. The van der Waals surface area contributed by atoms with Crippen LogP contribution in [0.5, 0.6) is 0 Å². The van der Waals surface area contributed by atoms with Crippen LogP contribution >= 0.6 is 43.5 Å². The summed E-state index contributed by atoms with van der Waals surface area (Å²) < 4.78 is 1.60. The first-order chi connectivity index (χ1) is 16.8. The Kier molecular flexibility index (Phi) is 8.21. The minimum atomic E-state index is -0.581. The fraction of sp³-hybridized carbons (Fsp3) is 0.148. The van der Waals surface area contributed by atoms with Gasteiger partial charge in [0.1, 0.15) is 0 Å². The largest absolute Gasteiger partial charge is 0.326 e. The summed E-state index contributed by atoms with van der Waals surface area (Å²) in [5, 5.41) is 6.12. The fourth-order valence-corrected chi connectivity index (χ4v) is 4.84. The van der Waals surface area contributed by atoms with Gasteiger partial charge >= 0.3 is 0 Å². The zero-order valence-electron chi connectivity index (χ0n) is 18.4. The second kappa shape index (κ2) is 11.3. The van der Waals surface area contributed by atoms with E-state index in [4.69, 9.17) is 11.6 Å². The molecule has 5 nitrogen and oxygen atoms in total. The van der Waals surface area contributed by atoms with Crippen molar-refractivity contribution in [2.45, 2.75) is 12.8 Å². The van der Waals surface area contributed by atoms with Crippen molar-refractivity contribution >= 4 is 72.4 Å². The molecule has 0 bridgehead atoms. The number of anilines is 2. The molecule has 1 aliphatic rings. The lowest BCUT2D eigenvalue weighted by Gasteiger charge is -2.27. The Morgan fingerprint density at radius 3 is 2.00 bits per heavy atom. The molecule has 0 fully saturated rings. The molecule has 35 heavy (non-hydrogen) atoms. The first-order valence-corrected chi connectivity index (χ1v) is 12.9. The van der Waals surface area contributed by atoms with E-state index in [0.29, 0.717) is 44.8 Å². The van der Waals surface area contributed by atoms with Crippen molar-refractivity contribution in [2.24, 2.45) is 11.8 Å². The number of amides is 2. The Hall–Kier alpha value is -2.74. The zero-order chi connectivity index (χ0) is 24.9. The summed E-state index contributed by atoms with van der Waals surface area (Å²) in [4.78, 5) is 39.7. The van der Waals surface area contributed by atoms with E-state index >= 15 is 0 Å². The zero-order valence-corrected chi connectivity index (χ0v) is 22.4. The maximum Gasteiger partial charge on any atom is 0.228 e. The van der Waals surface area contributed by atoms with Crippen molar-refractivity contribution in [1.29, 1.82) is 0 Å². The standard InChI is InChI=1S/C27H21Br2ClN2O3/c28-16-9-12-18(13-10-16)31-26(34)19-5-1-2-6-20(19)27(35)32-24-14-11-17(29)15-22(24)25(33)21-7-3-4-8-23(21)30/h1-4,7-15,19-20H,5-6H2,(H,31,34)(H,32,35). The van der Waals surface area contributed by atoms with E-state index in [2.05, 4.69) is 42.5 Å². The number of hydrogen-bond donors (Lipinski definition) is 2. The van der Waals surface area contributed by atoms with Crippen LogP contribution in [0.25, 0.3) is 0 Å². The Labute approximate surface area is 225 Å². The van der Waals surface area contributed by atoms with Crippen molar-refractivity contribution in [3.05, 3.63) is 104 Å². The summed E-state index contributed by atoms with van der Waals surface area (Å²) in [6.07, 6.45) is 4.70. The van der Waals surface area contributed by atoms with Gasteiger partial charge in [-0.15, -0.1) is 0 Å². The van der Waals surface area contributed by atoms with Gasteiger partial charge in [-0.05, 0) is 67.4 Å². The SMILES string of the molecule is O=C(c1ccccc1Cl)c1cc(Br)ccc1NC(=O)C1CC=CCC1C(=O)Nc1ccc(Br)cc1. The molecule has 0 spiro atoms. The van der Waals surface area contributed by atoms with Crippen molar-refractivity contribution < 1.29 is 14.4 Å².